The Labute approximate surface area is 135 Å². The van der Waals surface area contributed by atoms with E-state index in [0.29, 0.717) is 6.54 Å². The van der Waals surface area contributed by atoms with E-state index in [1.54, 1.807) is 14.2 Å². The summed E-state index contributed by atoms with van der Waals surface area (Å²) in [5, 5.41) is 10.6. The lowest BCUT2D eigenvalue weighted by atomic mass is 10.1. The standard InChI is InChI=1S/C18H19N3O2/c1-22-16-8-6-13(7-9-16)18-14(12-20-21-18)11-19-15-4-3-5-17(10-15)23-2/h3-10,12,19H,11H2,1-2H3,(H,20,21). The van der Waals surface area contributed by atoms with Gasteiger partial charge in [0.05, 0.1) is 26.1 Å². The van der Waals surface area contributed by atoms with Gasteiger partial charge >= 0.3 is 0 Å². The molecule has 0 radical (unpaired) electrons. The number of aromatic nitrogens is 2. The molecule has 2 aromatic carbocycles. The number of aromatic amines is 1. The molecule has 0 fully saturated rings. The van der Waals surface area contributed by atoms with E-state index in [4.69, 9.17) is 9.47 Å². The van der Waals surface area contributed by atoms with Crippen molar-refractivity contribution in [3.63, 3.8) is 0 Å². The van der Waals surface area contributed by atoms with Crippen LogP contribution >= 0.6 is 0 Å². The molecule has 118 valence electrons. The number of nitrogens with one attached hydrogen (secondary N) is 2. The van der Waals surface area contributed by atoms with Gasteiger partial charge < -0.3 is 14.8 Å². The second kappa shape index (κ2) is 6.87. The zero-order valence-electron chi connectivity index (χ0n) is 13.2. The smallest absolute Gasteiger partial charge is 0.120 e. The Balaban J connectivity index is 1.75. The maximum Gasteiger partial charge on any atom is 0.120 e. The summed E-state index contributed by atoms with van der Waals surface area (Å²) in [4.78, 5) is 0. The first-order chi connectivity index (χ1) is 11.3. The van der Waals surface area contributed by atoms with Crippen molar-refractivity contribution in [1.82, 2.24) is 10.2 Å². The molecule has 0 saturated heterocycles. The van der Waals surface area contributed by atoms with E-state index in [1.165, 1.54) is 0 Å². The number of hydrogen-bond acceptors (Lipinski definition) is 4. The van der Waals surface area contributed by atoms with Gasteiger partial charge in [0, 0.05) is 29.4 Å². The number of benzene rings is 2. The first-order valence-electron chi connectivity index (χ1n) is 7.35. The third kappa shape index (κ3) is 3.45. The van der Waals surface area contributed by atoms with Gasteiger partial charge in [0.2, 0.25) is 0 Å². The molecule has 2 N–H and O–H groups in total. The summed E-state index contributed by atoms with van der Waals surface area (Å²) in [7, 11) is 3.33. The predicted molar refractivity (Wildman–Crippen MR) is 90.9 cm³/mol. The zero-order chi connectivity index (χ0) is 16.1. The van der Waals surface area contributed by atoms with E-state index >= 15 is 0 Å². The van der Waals surface area contributed by atoms with Gasteiger partial charge in [-0.2, -0.15) is 5.10 Å². The third-order valence-electron chi connectivity index (χ3n) is 3.65. The van der Waals surface area contributed by atoms with E-state index < -0.39 is 0 Å². The summed E-state index contributed by atoms with van der Waals surface area (Å²) >= 11 is 0. The van der Waals surface area contributed by atoms with Crippen LogP contribution in [0.25, 0.3) is 11.3 Å². The Bertz CT molecular complexity index is 766. The molecule has 0 aliphatic heterocycles. The highest BCUT2D eigenvalue weighted by molar-refractivity contribution is 5.64. The van der Waals surface area contributed by atoms with Crippen molar-refractivity contribution in [3.05, 3.63) is 60.3 Å². The van der Waals surface area contributed by atoms with Crippen LogP contribution in [0.5, 0.6) is 11.5 Å². The molecular formula is C18H19N3O2. The Hall–Kier alpha value is -2.95. The molecule has 0 amide bonds. The number of nitrogens with zero attached hydrogens (tertiary/aromatic N) is 1. The van der Waals surface area contributed by atoms with Crippen molar-refractivity contribution in [3.8, 4) is 22.8 Å². The van der Waals surface area contributed by atoms with E-state index in [9.17, 15) is 0 Å². The summed E-state index contributed by atoms with van der Waals surface area (Å²) in [6, 6.07) is 15.8. The summed E-state index contributed by atoms with van der Waals surface area (Å²) in [5.74, 6) is 1.67. The fourth-order valence-electron chi connectivity index (χ4n) is 2.38. The van der Waals surface area contributed by atoms with Gasteiger partial charge in [-0.25, -0.2) is 0 Å². The Morgan fingerprint density at radius 3 is 2.52 bits per heavy atom. The van der Waals surface area contributed by atoms with Gasteiger partial charge in [-0.05, 0) is 36.4 Å². The topological polar surface area (TPSA) is 59.2 Å². The normalized spacial score (nSPS) is 10.3. The molecule has 1 heterocycles. The monoisotopic (exact) mass is 309 g/mol. The SMILES string of the molecule is COc1ccc(-c2[nH]ncc2CNc2cccc(OC)c2)cc1. The molecular weight excluding hydrogens is 290 g/mol. The van der Waals surface area contributed by atoms with Gasteiger partial charge in [-0.1, -0.05) is 6.07 Å². The summed E-state index contributed by atoms with van der Waals surface area (Å²) in [6.45, 7) is 0.672. The van der Waals surface area contributed by atoms with Crippen molar-refractivity contribution in [2.75, 3.05) is 19.5 Å². The zero-order valence-corrected chi connectivity index (χ0v) is 13.2. The number of H-pyrrole nitrogens is 1. The van der Waals surface area contributed by atoms with Crippen molar-refractivity contribution < 1.29 is 9.47 Å². The molecule has 0 aliphatic rings. The highest BCUT2D eigenvalue weighted by Crippen LogP contribution is 2.25. The van der Waals surface area contributed by atoms with Crippen LogP contribution in [0.1, 0.15) is 5.56 Å². The van der Waals surface area contributed by atoms with Gasteiger partial charge in [0.15, 0.2) is 0 Å². The number of rotatable bonds is 6. The molecule has 3 rings (SSSR count). The molecule has 1 aromatic heterocycles. The molecule has 0 unspecified atom stereocenters. The van der Waals surface area contributed by atoms with Crippen LogP contribution in [0.15, 0.2) is 54.7 Å². The molecule has 5 heteroatoms. The minimum Gasteiger partial charge on any atom is -0.497 e. The van der Waals surface area contributed by atoms with E-state index in [-0.39, 0.29) is 0 Å². The lowest BCUT2D eigenvalue weighted by Crippen LogP contribution is -2.00. The van der Waals surface area contributed by atoms with Crippen molar-refractivity contribution in [2.45, 2.75) is 6.54 Å². The lowest BCUT2D eigenvalue weighted by molar-refractivity contribution is 0.415. The maximum absolute atomic E-state index is 5.24. The molecule has 23 heavy (non-hydrogen) atoms. The highest BCUT2D eigenvalue weighted by Gasteiger charge is 2.08. The minimum atomic E-state index is 0.672. The quantitative estimate of drug-likeness (QED) is 0.729. The van der Waals surface area contributed by atoms with Crippen molar-refractivity contribution in [2.24, 2.45) is 0 Å². The number of hydrogen-bond donors (Lipinski definition) is 2. The summed E-state index contributed by atoms with van der Waals surface area (Å²) in [6.07, 6.45) is 1.84. The van der Waals surface area contributed by atoms with Crippen LogP contribution in [-0.2, 0) is 6.54 Å². The van der Waals surface area contributed by atoms with Crippen LogP contribution in [0.2, 0.25) is 0 Å². The largest absolute Gasteiger partial charge is 0.497 e. The van der Waals surface area contributed by atoms with Crippen LogP contribution < -0.4 is 14.8 Å². The average molecular weight is 309 g/mol. The van der Waals surface area contributed by atoms with Crippen molar-refractivity contribution >= 4 is 5.69 Å². The Kier molecular flexibility index (Phi) is 4.47. The van der Waals surface area contributed by atoms with Crippen molar-refractivity contribution in [1.29, 1.82) is 0 Å². The Morgan fingerprint density at radius 2 is 1.78 bits per heavy atom. The van der Waals surface area contributed by atoms with E-state index in [1.807, 2.05) is 54.7 Å². The molecule has 5 nitrogen and oxygen atoms in total. The summed E-state index contributed by atoms with van der Waals surface area (Å²) < 4.78 is 10.4. The molecule has 0 spiro atoms. The van der Waals surface area contributed by atoms with Gasteiger partial charge in [0.1, 0.15) is 11.5 Å². The van der Waals surface area contributed by atoms with Gasteiger partial charge in [-0.15, -0.1) is 0 Å². The average Bonchev–Trinajstić information content (AvgIpc) is 3.09. The first kappa shape index (κ1) is 15.0. The fraction of sp³-hybridized carbons (Fsp3) is 0.167. The Morgan fingerprint density at radius 1 is 1.00 bits per heavy atom. The highest BCUT2D eigenvalue weighted by atomic mass is 16.5. The second-order valence-electron chi connectivity index (χ2n) is 5.08. The number of anilines is 1. The second-order valence-corrected chi connectivity index (χ2v) is 5.08. The summed E-state index contributed by atoms with van der Waals surface area (Å²) in [5.41, 5.74) is 4.18. The van der Waals surface area contributed by atoms with E-state index in [0.717, 1.165) is 34.0 Å². The van der Waals surface area contributed by atoms with Crippen LogP contribution in [0, 0.1) is 0 Å². The molecule has 0 saturated carbocycles. The molecule has 0 bridgehead atoms. The van der Waals surface area contributed by atoms with E-state index in [2.05, 4.69) is 15.5 Å². The first-order valence-corrected chi connectivity index (χ1v) is 7.35. The van der Waals surface area contributed by atoms with Gasteiger partial charge in [-0.3, -0.25) is 5.10 Å². The maximum atomic E-state index is 5.24. The molecule has 3 aromatic rings. The third-order valence-corrected chi connectivity index (χ3v) is 3.65. The fourth-order valence-corrected chi connectivity index (χ4v) is 2.38. The number of methoxy groups -OCH3 is 2. The lowest BCUT2D eigenvalue weighted by Gasteiger charge is -2.09. The number of ether oxygens (including phenoxy) is 2. The predicted octanol–water partition coefficient (Wildman–Crippen LogP) is 3.71. The van der Waals surface area contributed by atoms with Gasteiger partial charge in [0.25, 0.3) is 0 Å². The minimum absolute atomic E-state index is 0.672. The molecule has 0 atom stereocenters. The van der Waals surface area contributed by atoms with Crippen LogP contribution in [-0.4, -0.2) is 24.4 Å². The van der Waals surface area contributed by atoms with Crippen LogP contribution in [0.3, 0.4) is 0 Å². The molecule has 0 aliphatic carbocycles. The van der Waals surface area contributed by atoms with Crippen LogP contribution in [0.4, 0.5) is 5.69 Å².